The maximum Gasteiger partial charge on any atom is 0.184 e. The van der Waals surface area contributed by atoms with Crippen molar-refractivity contribution in [2.45, 2.75) is 45.3 Å². The van der Waals surface area contributed by atoms with Crippen LogP contribution in [0.4, 0.5) is 0 Å². The molecule has 0 spiro atoms. The Kier molecular flexibility index (Phi) is 8.28. The van der Waals surface area contributed by atoms with E-state index in [1.54, 1.807) is 0 Å². The number of carboxylic acids is 1. The van der Waals surface area contributed by atoms with E-state index >= 15 is 0 Å². The molecule has 1 rings (SSSR count). The summed E-state index contributed by atoms with van der Waals surface area (Å²) in [7, 11) is 5.49. The van der Waals surface area contributed by atoms with Crippen LogP contribution in [0.15, 0.2) is 24.3 Å². The summed E-state index contributed by atoms with van der Waals surface area (Å²) >= 11 is 0. The van der Waals surface area contributed by atoms with E-state index in [2.05, 4.69) is 13.8 Å². The van der Waals surface area contributed by atoms with Crippen LogP contribution < -0.4 is 5.11 Å². The number of hydrogen-bond acceptors (Lipinski definition) is 4. The molecule has 0 aliphatic rings. The van der Waals surface area contributed by atoms with Gasteiger partial charge in [0.05, 0.1) is 21.1 Å². The highest BCUT2D eigenvalue weighted by Crippen LogP contribution is 2.37. The minimum Gasteiger partial charge on any atom is -0.550 e. The largest absolute Gasteiger partial charge is 0.550 e. The topological polar surface area (TPSA) is 77.4 Å². The number of carboxylic acid groups (broad SMARTS) is 1. The lowest BCUT2D eigenvalue weighted by atomic mass is 9.80. The maximum atomic E-state index is 12.1. The molecule has 0 heterocycles. The van der Waals surface area contributed by atoms with Crippen molar-refractivity contribution in [3.63, 3.8) is 0 Å². The maximum absolute atomic E-state index is 12.1. The summed E-state index contributed by atoms with van der Waals surface area (Å²) in [6, 6.07) is 6.97. The van der Waals surface area contributed by atoms with Crippen molar-refractivity contribution in [2.75, 3.05) is 21.1 Å². The van der Waals surface area contributed by atoms with Crippen molar-refractivity contribution >= 4 is 24.2 Å². The molecule has 0 aliphatic carbocycles. The predicted octanol–water partition coefficient (Wildman–Crippen LogP) is 1.51. The van der Waals surface area contributed by atoms with Gasteiger partial charge >= 0.3 is 0 Å². The lowest BCUT2D eigenvalue weighted by Crippen LogP contribution is -2.57. The highest BCUT2D eigenvalue weighted by atomic mass is 35.5. The number of benzene rings is 1. The van der Waals surface area contributed by atoms with E-state index in [0.717, 1.165) is 12.0 Å². The first kappa shape index (κ1) is 23.6. The van der Waals surface area contributed by atoms with E-state index in [-0.39, 0.29) is 16.9 Å². The first-order valence-electron chi connectivity index (χ1n) is 8.21. The molecule has 5 nitrogen and oxygen atoms in total. The average Bonchev–Trinajstić information content (AvgIpc) is 2.37. The van der Waals surface area contributed by atoms with Gasteiger partial charge in [0, 0.05) is 18.0 Å². The second-order valence-electron chi connectivity index (χ2n) is 7.89. The van der Waals surface area contributed by atoms with Crippen LogP contribution in [0.3, 0.4) is 0 Å². The van der Waals surface area contributed by atoms with Crippen LogP contribution in [0.1, 0.15) is 44.4 Å². The van der Waals surface area contributed by atoms with E-state index in [4.69, 9.17) is 0 Å². The van der Waals surface area contributed by atoms with Gasteiger partial charge in [-0.25, -0.2) is 0 Å². The van der Waals surface area contributed by atoms with Crippen LogP contribution in [0.2, 0.25) is 0 Å². The quantitative estimate of drug-likeness (QED) is 0.703. The van der Waals surface area contributed by atoms with Crippen LogP contribution in [0.25, 0.3) is 0 Å². The lowest BCUT2D eigenvalue weighted by molar-refractivity contribution is -0.908. The summed E-state index contributed by atoms with van der Waals surface area (Å²) in [5, 5.41) is 22.1. The number of likely N-dealkylation sites (N-methyl/N-ethyl adjacent to an activating group) is 1. The van der Waals surface area contributed by atoms with Gasteiger partial charge in [0.1, 0.15) is 0 Å². The van der Waals surface area contributed by atoms with Gasteiger partial charge in [0.2, 0.25) is 0 Å². The Morgan fingerprint density at radius 1 is 1.16 bits per heavy atom. The molecule has 0 bridgehead atoms. The van der Waals surface area contributed by atoms with E-state index in [9.17, 15) is 19.8 Å². The number of nitrogens with zero attached hydrogens (tertiary/aromatic N) is 1. The zero-order chi connectivity index (χ0) is 18.7. The van der Waals surface area contributed by atoms with Gasteiger partial charge in [0.15, 0.2) is 17.4 Å². The van der Waals surface area contributed by atoms with E-state index in [0.29, 0.717) is 5.92 Å². The van der Waals surface area contributed by atoms with Gasteiger partial charge in [-0.05, 0) is 24.8 Å². The van der Waals surface area contributed by atoms with E-state index < -0.39 is 29.8 Å². The number of hydrogen-bond donors (Lipinski definition) is 1. The number of Topliss-reactive ketones (excluding diaryl/α,β-unsaturated/α-hetero) is 1. The molecule has 6 heteroatoms. The number of halogens is 1. The Morgan fingerprint density at radius 3 is 1.96 bits per heavy atom. The zero-order valence-electron chi connectivity index (χ0n) is 15.9. The number of ketones is 1. The molecule has 1 N–H and O–H groups in total. The van der Waals surface area contributed by atoms with Crippen LogP contribution in [-0.4, -0.2) is 48.1 Å². The van der Waals surface area contributed by atoms with Crippen molar-refractivity contribution in [1.29, 1.82) is 0 Å². The molecule has 0 saturated heterocycles. The monoisotopic (exact) mass is 371 g/mol. The van der Waals surface area contributed by atoms with Crippen LogP contribution in [0, 0.1) is 5.92 Å². The van der Waals surface area contributed by atoms with Crippen molar-refractivity contribution in [3.05, 3.63) is 35.4 Å². The number of aliphatic carboxylic acids is 1. The van der Waals surface area contributed by atoms with Gasteiger partial charge in [-0.3, -0.25) is 4.79 Å². The number of carbonyl (C=O) groups excluding carboxylic acids is 2. The molecular weight excluding hydrogens is 342 g/mol. The summed E-state index contributed by atoms with van der Waals surface area (Å²) in [6.45, 7) is 5.49. The van der Waals surface area contributed by atoms with Crippen LogP contribution in [-0.2, 0) is 16.0 Å². The number of rotatable bonds is 8. The smallest absolute Gasteiger partial charge is 0.184 e. The minimum absolute atomic E-state index is 0. The summed E-state index contributed by atoms with van der Waals surface area (Å²) in [5.74, 6) is -1.49. The van der Waals surface area contributed by atoms with Gasteiger partial charge in [-0.15, -0.1) is 12.4 Å². The summed E-state index contributed by atoms with van der Waals surface area (Å²) in [5.41, 5.74) is -0.120. The molecule has 1 aromatic rings. The summed E-state index contributed by atoms with van der Waals surface area (Å²) in [6.07, 6.45) is 0.210. The molecule has 0 aliphatic heterocycles. The molecule has 25 heavy (non-hydrogen) atoms. The van der Waals surface area contributed by atoms with Crippen molar-refractivity contribution in [2.24, 2.45) is 5.92 Å². The van der Waals surface area contributed by atoms with E-state index in [1.807, 2.05) is 45.4 Å². The van der Waals surface area contributed by atoms with Crippen LogP contribution in [0.5, 0.6) is 0 Å². The zero-order valence-corrected chi connectivity index (χ0v) is 16.7. The number of quaternary nitrogens is 1. The first-order valence-corrected chi connectivity index (χ1v) is 8.21. The fraction of sp³-hybridized carbons (Fsp3) is 0.579. The standard InChI is InChI=1S/C19H29NO4.ClH/c1-13(2)11-15-7-9-16(10-8-15)18(20(4,5)6)19(24,14(3)21)12-17(22)23;/h7-10,13,18,24H,11-12H2,1-6H3;1H. The average molecular weight is 372 g/mol. The molecule has 2 unspecified atom stereocenters. The molecular formula is C19H30ClNO4. The Labute approximate surface area is 156 Å². The van der Waals surface area contributed by atoms with Crippen molar-refractivity contribution < 1.29 is 24.3 Å². The predicted molar refractivity (Wildman–Crippen MR) is 98.3 cm³/mol. The molecule has 1 aromatic carbocycles. The second kappa shape index (κ2) is 8.79. The minimum atomic E-state index is -2.02. The third-order valence-corrected chi connectivity index (χ3v) is 4.19. The molecule has 0 aromatic heterocycles. The molecule has 0 fully saturated rings. The lowest BCUT2D eigenvalue weighted by Gasteiger charge is -2.43. The number of carbonyl (C=O) groups is 2. The normalized spacial score (nSPS) is 15.2. The van der Waals surface area contributed by atoms with Gasteiger partial charge in [0.25, 0.3) is 0 Å². The van der Waals surface area contributed by atoms with E-state index in [1.165, 1.54) is 12.5 Å². The highest BCUT2D eigenvalue weighted by Gasteiger charge is 2.49. The summed E-state index contributed by atoms with van der Waals surface area (Å²) < 4.78 is 0.215. The Morgan fingerprint density at radius 2 is 1.64 bits per heavy atom. The third kappa shape index (κ3) is 6.10. The molecule has 0 saturated carbocycles. The molecule has 0 radical (unpaired) electrons. The highest BCUT2D eigenvalue weighted by molar-refractivity contribution is 5.89. The molecule has 0 amide bonds. The Bertz CT molecular complexity index is 592. The van der Waals surface area contributed by atoms with Crippen molar-refractivity contribution in [3.8, 4) is 0 Å². The fourth-order valence-corrected chi connectivity index (χ4v) is 3.30. The Hall–Kier alpha value is -1.43. The Balaban J connectivity index is 0.00000576. The SMILES string of the molecule is CC(=O)C(O)(CC(=O)[O-])C(c1ccc(CC(C)C)cc1)[N+](C)(C)C.Cl. The third-order valence-electron chi connectivity index (χ3n) is 4.19. The van der Waals surface area contributed by atoms with Gasteiger partial charge < -0.3 is 19.5 Å². The van der Waals surface area contributed by atoms with Crippen LogP contribution >= 0.6 is 12.4 Å². The van der Waals surface area contributed by atoms with Gasteiger partial charge in [-0.2, -0.15) is 0 Å². The van der Waals surface area contributed by atoms with Crippen molar-refractivity contribution in [1.82, 2.24) is 0 Å². The summed E-state index contributed by atoms with van der Waals surface area (Å²) in [4.78, 5) is 23.3. The van der Waals surface area contributed by atoms with Gasteiger partial charge in [-0.1, -0.05) is 38.1 Å². The number of aliphatic hydroxyl groups is 1. The fourth-order valence-electron chi connectivity index (χ4n) is 3.30. The second-order valence-corrected chi connectivity index (χ2v) is 7.89. The molecule has 142 valence electrons. The first-order chi connectivity index (χ1) is 10.9. The molecule has 2 atom stereocenters.